The lowest BCUT2D eigenvalue weighted by Crippen LogP contribution is -2.16. The molecule has 3 aromatic rings. The summed E-state index contributed by atoms with van der Waals surface area (Å²) in [5.74, 6) is 1.67. The molecule has 3 rings (SSSR count). The molecule has 0 unspecified atom stereocenters. The molecular weight excluding hydrogens is 330 g/mol. The van der Waals surface area contributed by atoms with Gasteiger partial charge in [0.1, 0.15) is 5.82 Å². The number of aromatic amines is 1. The Morgan fingerprint density at radius 3 is 2.69 bits per heavy atom. The number of aromatic nitrogens is 2. The van der Waals surface area contributed by atoms with Crippen LogP contribution in [0.2, 0.25) is 0 Å². The zero-order chi connectivity index (χ0) is 18.5. The van der Waals surface area contributed by atoms with Gasteiger partial charge < -0.3 is 19.4 Å². The molecule has 0 spiro atoms. The van der Waals surface area contributed by atoms with Crippen LogP contribution >= 0.6 is 0 Å². The van der Waals surface area contributed by atoms with E-state index in [0.29, 0.717) is 40.4 Å². The van der Waals surface area contributed by atoms with E-state index in [0.717, 1.165) is 13.0 Å². The van der Waals surface area contributed by atoms with Gasteiger partial charge in [0.25, 0.3) is 5.56 Å². The molecule has 0 amide bonds. The molecule has 6 heteroatoms. The molecule has 0 saturated heterocycles. The predicted octanol–water partition coefficient (Wildman–Crippen LogP) is 2.93. The molecule has 0 bridgehead atoms. The number of hydrogen-bond donors (Lipinski definition) is 1. The van der Waals surface area contributed by atoms with Gasteiger partial charge in [-0.05, 0) is 44.8 Å². The Hall–Kier alpha value is -2.86. The molecule has 0 saturated carbocycles. The van der Waals surface area contributed by atoms with E-state index in [-0.39, 0.29) is 5.56 Å². The summed E-state index contributed by atoms with van der Waals surface area (Å²) in [6, 6.07) is 12.8. The van der Waals surface area contributed by atoms with Crippen molar-refractivity contribution >= 4 is 10.9 Å². The van der Waals surface area contributed by atoms with Gasteiger partial charge >= 0.3 is 0 Å². The van der Waals surface area contributed by atoms with Crippen LogP contribution in [0.3, 0.4) is 0 Å². The molecule has 6 nitrogen and oxygen atoms in total. The fourth-order valence-electron chi connectivity index (χ4n) is 2.78. The lowest BCUT2D eigenvalue weighted by Gasteiger charge is -2.16. The zero-order valence-electron chi connectivity index (χ0n) is 15.3. The molecule has 1 N–H and O–H groups in total. The molecule has 0 fully saturated rings. The number of H-pyrrole nitrogens is 1. The normalized spacial score (nSPS) is 11.1. The van der Waals surface area contributed by atoms with Crippen molar-refractivity contribution in [3.8, 4) is 22.9 Å². The van der Waals surface area contributed by atoms with Gasteiger partial charge in [0.05, 0.1) is 30.2 Å². The van der Waals surface area contributed by atoms with Crippen molar-refractivity contribution in [1.82, 2.24) is 14.9 Å². The first-order valence-corrected chi connectivity index (χ1v) is 8.54. The molecule has 2 aromatic carbocycles. The van der Waals surface area contributed by atoms with Gasteiger partial charge in [-0.25, -0.2) is 4.98 Å². The SMILES string of the molecule is COc1cccc(-c2nc3ccccc3c(=O)[nH]2)c1OCCCN(C)C. The maximum absolute atomic E-state index is 12.4. The second-order valence-corrected chi connectivity index (χ2v) is 6.27. The second-order valence-electron chi connectivity index (χ2n) is 6.27. The third-order valence-corrected chi connectivity index (χ3v) is 4.06. The van der Waals surface area contributed by atoms with Crippen LogP contribution in [0.25, 0.3) is 22.3 Å². The first-order chi connectivity index (χ1) is 12.6. The number of methoxy groups -OCH3 is 1. The van der Waals surface area contributed by atoms with Crippen LogP contribution in [0, 0.1) is 0 Å². The Morgan fingerprint density at radius 2 is 1.92 bits per heavy atom. The largest absolute Gasteiger partial charge is 0.493 e. The van der Waals surface area contributed by atoms with E-state index in [1.54, 1.807) is 13.2 Å². The molecule has 0 atom stereocenters. The summed E-state index contributed by atoms with van der Waals surface area (Å²) >= 11 is 0. The first-order valence-electron chi connectivity index (χ1n) is 8.54. The highest BCUT2D eigenvalue weighted by Gasteiger charge is 2.15. The molecule has 0 aliphatic heterocycles. The number of benzene rings is 2. The summed E-state index contributed by atoms with van der Waals surface area (Å²) in [4.78, 5) is 22.0. The zero-order valence-corrected chi connectivity index (χ0v) is 15.3. The van der Waals surface area contributed by atoms with E-state index in [1.165, 1.54) is 0 Å². The van der Waals surface area contributed by atoms with Gasteiger partial charge in [-0.3, -0.25) is 4.79 Å². The molecule has 26 heavy (non-hydrogen) atoms. The number of fused-ring (bicyclic) bond motifs is 1. The fourth-order valence-corrected chi connectivity index (χ4v) is 2.78. The van der Waals surface area contributed by atoms with Gasteiger partial charge in [0.2, 0.25) is 0 Å². The molecule has 0 radical (unpaired) electrons. The number of rotatable bonds is 7. The third kappa shape index (κ3) is 3.86. The average Bonchev–Trinajstić information content (AvgIpc) is 2.65. The minimum atomic E-state index is -0.174. The minimum absolute atomic E-state index is 0.174. The van der Waals surface area contributed by atoms with Crippen molar-refractivity contribution in [2.45, 2.75) is 6.42 Å². The van der Waals surface area contributed by atoms with Crippen molar-refractivity contribution in [2.24, 2.45) is 0 Å². The van der Waals surface area contributed by atoms with E-state index in [4.69, 9.17) is 9.47 Å². The Bertz CT molecular complexity index is 950. The van der Waals surface area contributed by atoms with E-state index >= 15 is 0 Å². The van der Waals surface area contributed by atoms with Crippen LogP contribution in [-0.4, -0.2) is 49.2 Å². The summed E-state index contributed by atoms with van der Waals surface area (Å²) in [5.41, 5.74) is 1.18. The molecule has 1 aromatic heterocycles. The van der Waals surface area contributed by atoms with Gasteiger partial charge in [-0.15, -0.1) is 0 Å². The van der Waals surface area contributed by atoms with E-state index in [2.05, 4.69) is 14.9 Å². The Kier molecular flexibility index (Phi) is 5.53. The lowest BCUT2D eigenvalue weighted by atomic mass is 10.1. The third-order valence-electron chi connectivity index (χ3n) is 4.06. The number of para-hydroxylation sites is 2. The van der Waals surface area contributed by atoms with Gasteiger partial charge in [0, 0.05) is 6.54 Å². The summed E-state index contributed by atoms with van der Waals surface area (Å²) in [6.45, 7) is 1.47. The molecular formula is C20H23N3O3. The van der Waals surface area contributed by atoms with Crippen LogP contribution in [0.1, 0.15) is 6.42 Å². The van der Waals surface area contributed by atoms with E-state index < -0.39 is 0 Å². The highest BCUT2D eigenvalue weighted by molar-refractivity contribution is 5.80. The maximum atomic E-state index is 12.4. The molecule has 0 aliphatic carbocycles. The van der Waals surface area contributed by atoms with Crippen LogP contribution in [0.15, 0.2) is 47.3 Å². The molecule has 1 heterocycles. The number of nitrogens with zero attached hydrogens (tertiary/aromatic N) is 2. The van der Waals surface area contributed by atoms with Gasteiger partial charge in [0.15, 0.2) is 11.5 Å². The minimum Gasteiger partial charge on any atom is -0.493 e. The number of hydrogen-bond acceptors (Lipinski definition) is 5. The molecule has 0 aliphatic rings. The van der Waals surface area contributed by atoms with E-state index in [9.17, 15) is 4.79 Å². The standard InChI is InChI=1S/C20H23N3O3/c1-23(2)12-7-13-26-18-15(9-6-11-17(18)25-3)19-21-16-10-5-4-8-14(16)20(24)22-19/h4-6,8-11H,7,12-13H2,1-3H3,(H,21,22,24). The Morgan fingerprint density at radius 1 is 1.12 bits per heavy atom. The molecule has 136 valence electrons. The number of ether oxygens (including phenoxy) is 2. The lowest BCUT2D eigenvalue weighted by molar-refractivity contribution is 0.269. The van der Waals surface area contributed by atoms with E-state index in [1.807, 2.05) is 50.5 Å². The first kappa shape index (κ1) is 17.9. The van der Waals surface area contributed by atoms with Crippen molar-refractivity contribution in [2.75, 3.05) is 34.4 Å². The van der Waals surface area contributed by atoms with Crippen LogP contribution in [0.4, 0.5) is 0 Å². The summed E-state index contributed by atoms with van der Waals surface area (Å²) < 4.78 is 11.5. The number of nitrogens with one attached hydrogen (secondary N) is 1. The predicted molar refractivity (Wildman–Crippen MR) is 103 cm³/mol. The van der Waals surface area contributed by atoms with Gasteiger partial charge in [-0.1, -0.05) is 18.2 Å². The second kappa shape index (κ2) is 8.01. The van der Waals surface area contributed by atoms with Crippen molar-refractivity contribution in [3.63, 3.8) is 0 Å². The summed E-state index contributed by atoms with van der Waals surface area (Å²) in [6.07, 6.45) is 0.881. The fraction of sp³-hybridized carbons (Fsp3) is 0.300. The smallest absolute Gasteiger partial charge is 0.259 e. The Labute approximate surface area is 152 Å². The van der Waals surface area contributed by atoms with Crippen molar-refractivity contribution < 1.29 is 9.47 Å². The van der Waals surface area contributed by atoms with Crippen LogP contribution < -0.4 is 15.0 Å². The van der Waals surface area contributed by atoms with Crippen LogP contribution in [-0.2, 0) is 0 Å². The summed E-state index contributed by atoms with van der Waals surface area (Å²) in [7, 11) is 5.65. The quantitative estimate of drug-likeness (QED) is 0.662. The highest BCUT2D eigenvalue weighted by atomic mass is 16.5. The average molecular weight is 353 g/mol. The monoisotopic (exact) mass is 353 g/mol. The highest BCUT2D eigenvalue weighted by Crippen LogP contribution is 2.36. The summed E-state index contributed by atoms with van der Waals surface area (Å²) in [5, 5.41) is 0.563. The van der Waals surface area contributed by atoms with Crippen molar-refractivity contribution in [3.05, 3.63) is 52.8 Å². The Balaban J connectivity index is 2.00. The van der Waals surface area contributed by atoms with Crippen molar-refractivity contribution in [1.29, 1.82) is 0 Å². The maximum Gasteiger partial charge on any atom is 0.259 e. The van der Waals surface area contributed by atoms with Crippen LogP contribution in [0.5, 0.6) is 11.5 Å². The topological polar surface area (TPSA) is 67.4 Å². The van der Waals surface area contributed by atoms with Gasteiger partial charge in [-0.2, -0.15) is 0 Å².